The van der Waals surface area contributed by atoms with Gasteiger partial charge in [0.25, 0.3) is 11.8 Å². The summed E-state index contributed by atoms with van der Waals surface area (Å²) in [5.74, 6) is -0.739. The van der Waals surface area contributed by atoms with Crippen LogP contribution in [0, 0.1) is 17.7 Å². The van der Waals surface area contributed by atoms with Crippen molar-refractivity contribution in [3.8, 4) is 5.75 Å². The average molecular weight is 514 g/mol. The van der Waals surface area contributed by atoms with Crippen molar-refractivity contribution in [1.29, 1.82) is 0 Å². The summed E-state index contributed by atoms with van der Waals surface area (Å²) >= 11 is 0. The van der Waals surface area contributed by atoms with Crippen molar-refractivity contribution < 1.29 is 28.9 Å². The van der Waals surface area contributed by atoms with Gasteiger partial charge in [-0.25, -0.2) is 4.39 Å². The number of benzene rings is 2. The topological polar surface area (TPSA) is 102 Å². The molecule has 0 spiro atoms. The highest BCUT2D eigenvalue weighted by atomic mass is 19.1. The van der Waals surface area contributed by atoms with Crippen molar-refractivity contribution in [2.24, 2.45) is 11.8 Å². The Morgan fingerprint density at radius 1 is 1.05 bits per heavy atom. The zero-order valence-electron chi connectivity index (χ0n) is 21.4. The van der Waals surface area contributed by atoms with Crippen LogP contribution in [0.4, 0.5) is 10.1 Å². The second-order valence-corrected chi connectivity index (χ2v) is 10.3. The molecule has 0 saturated carbocycles. The molecule has 0 aliphatic carbocycles. The van der Waals surface area contributed by atoms with E-state index in [0.717, 1.165) is 29.7 Å². The molecule has 0 unspecified atom stereocenters. The van der Waals surface area contributed by atoms with E-state index in [1.165, 1.54) is 17.0 Å². The first-order valence-corrected chi connectivity index (χ1v) is 12.9. The number of fused-ring (bicyclic) bond motifs is 1. The zero-order chi connectivity index (χ0) is 26.5. The van der Waals surface area contributed by atoms with E-state index in [2.05, 4.69) is 10.2 Å². The van der Waals surface area contributed by atoms with Crippen LogP contribution in [-0.4, -0.2) is 65.4 Å². The minimum Gasteiger partial charge on any atom is -0.491 e. The fraction of sp³-hybridized carbons (Fsp3) is 0.500. The Morgan fingerprint density at radius 3 is 2.32 bits per heavy atom. The van der Waals surface area contributed by atoms with Crippen LogP contribution >= 0.6 is 0 Å². The smallest absolute Gasteiger partial charge is 0.255 e. The Balaban J connectivity index is 1.24. The molecule has 3 N–H and O–H groups in total. The molecular formula is C28H36FN3O5. The highest BCUT2D eigenvalue weighted by Gasteiger charge is 2.35. The first kappa shape index (κ1) is 26.9. The number of nitrogens with zero attached hydrogens (tertiary/aromatic N) is 2. The minimum absolute atomic E-state index is 0.175. The van der Waals surface area contributed by atoms with Gasteiger partial charge in [0.15, 0.2) is 12.2 Å². The van der Waals surface area contributed by atoms with Gasteiger partial charge in [-0.3, -0.25) is 9.59 Å². The van der Waals surface area contributed by atoms with Crippen LogP contribution in [0.5, 0.6) is 5.75 Å². The number of piperidine rings is 1. The molecule has 1 fully saturated rings. The third-order valence-electron chi connectivity index (χ3n) is 6.99. The SMILES string of the molecule is CC(C)COc1cc(F)ccc1N1CCC(CNC(=O)[C@H](O)[C@@H](O)C(=O)N2Cc3ccccc3C2)CC1. The average Bonchev–Trinajstić information content (AvgIpc) is 3.34. The second kappa shape index (κ2) is 11.9. The fourth-order valence-corrected chi connectivity index (χ4v) is 4.80. The Bertz CT molecular complexity index is 1080. The molecule has 0 radical (unpaired) electrons. The predicted molar refractivity (Wildman–Crippen MR) is 137 cm³/mol. The van der Waals surface area contributed by atoms with E-state index in [4.69, 9.17) is 4.74 Å². The highest BCUT2D eigenvalue weighted by molar-refractivity contribution is 5.91. The first-order valence-electron chi connectivity index (χ1n) is 12.9. The van der Waals surface area contributed by atoms with Crippen molar-refractivity contribution in [3.05, 3.63) is 59.4 Å². The lowest BCUT2D eigenvalue weighted by Crippen LogP contribution is -2.50. The van der Waals surface area contributed by atoms with Crippen LogP contribution in [0.1, 0.15) is 37.8 Å². The van der Waals surface area contributed by atoms with Gasteiger partial charge in [-0.1, -0.05) is 38.1 Å². The van der Waals surface area contributed by atoms with Crippen LogP contribution in [0.15, 0.2) is 42.5 Å². The summed E-state index contributed by atoms with van der Waals surface area (Å²) in [5, 5.41) is 23.4. The summed E-state index contributed by atoms with van der Waals surface area (Å²) in [6.45, 7) is 7.02. The molecule has 2 aliphatic heterocycles. The molecule has 1 saturated heterocycles. The quantitative estimate of drug-likeness (QED) is 0.476. The lowest BCUT2D eigenvalue weighted by atomic mass is 9.96. The Morgan fingerprint density at radius 2 is 1.70 bits per heavy atom. The molecule has 37 heavy (non-hydrogen) atoms. The summed E-state index contributed by atoms with van der Waals surface area (Å²) < 4.78 is 19.6. The number of amides is 2. The molecule has 2 heterocycles. The maximum Gasteiger partial charge on any atom is 0.255 e. The van der Waals surface area contributed by atoms with Gasteiger partial charge in [-0.2, -0.15) is 0 Å². The van der Waals surface area contributed by atoms with Gasteiger partial charge in [0.1, 0.15) is 11.6 Å². The third kappa shape index (κ3) is 6.59. The maximum atomic E-state index is 13.8. The summed E-state index contributed by atoms with van der Waals surface area (Å²) in [7, 11) is 0. The molecule has 0 bridgehead atoms. The van der Waals surface area contributed by atoms with Gasteiger partial charge in [0.2, 0.25) is 0 Å². The second-order valence-electron chi connectivity index (χ2n) is 10.3. The van der Waals surface area contributed by atoms with E-state index in [-0.39, 0.29) is 11.7 Å². The molecule has 8 nitrogen and oxygen atoms in total. The van der Waals surface area contributed by atoms with Crippen molar-refractivity contribution >= 4 is 17.5 Å². The highest BCUT2D eigenvalue weighted by Crippen LogP contribution is 2.32. The van der Waals surface area contributed by atoms with E-state index in [9.17, 15) is 24.2 Å². The summed E-state index contributed by atoms with van der Waals surface area (Å²) in [5.41, 5.74) is 2.84. The molecule has 2 atom stereocenters. The van der Waals surface area contributed by atoms with Gasteiger partial charge in [-0.15, -0.1) is 0 Å². The van der Waals surface area contributed by atoms with Crippen molar-refractivity contribution in [1.82, 2.24) is 10.2 Å². The van der Waals surface area contributed by atoms with Gasteiger partial charge in [-0.05, 0) is 47.9 Å². The van der Waals surface area contributed by atoms with Gasteiger partial charge in [0, 0.05) is 38.8 Å². The number of anilines is 1. The number of halogens is 1. The summed E-state index contributed by atoms with van der Waals surface area (Å²) in [6, 6.07) is 12.2. The molecule has 2 aromatic rings. The van der Waals surface area contributed by atoms with E-state index in [1.54, 1.807) is 6.07 Å². The molecular weight excluding hydrogens is 477 g/mol. The fourth-order valence-electron chi connectivity index (χ4n) is 4.80. The molecule has 2 amide bonds. The third-order valence-corrected chi connectivity index (χ3v) is 6.99. The lowest BCUT2D eigenvalue weighted by molar-refractivity contribution is -0.153. The Hall–Kier alpha value is -3.17. The largest absolute Gasteiger partial charge is 0.491 e. The molecule has 9 heteroatoms. The predicted octanol–water partition coefficient (Wildman–Crippen LogP) is 2.46. The van der Waals surface area contributed by atoms with E-state index >= 15 is 0 Å². The maximum absolute atomic E-state index is 13.8. The molecule has 0 aromatic heterocycles. The number of aliphatic hydroxyl groups is 2. The Labute approximate surface area is 217 Å². The molecule has 4 rings (SSSR count). The number of nitrogens with one attached hydrogen (secondary N) is 1. The Kier molecular flexibility index (Phi) is 8.66. The van der Waals surface area contributed by atoms with E-state index in [0.29, 0.717) is 51.0 Å². The van der Waals surface area contributed by atoms with Crippen LogP contribution < -0.4 is 15.0 Å². The number of hydrogen-bond acceptors (Lipinski definition) is 6. The first-order chi connectivity index (χ1) is 17.7. The van der Waals surface area contributed by atoms with Crippen LogP contribution in [0.3, 0.4) is 0 Å². The van der Waals surface area contributed by atoms with Gasteiger partial charge < -0.3 is 30.1 Å². The van der Waals surface area contributed by atoms with Gasteiger partial charge in [0.05, 0.1) is 12.3 Å². The van der Waals surface area contributed by atoms with Gasteiger partial charge >= 0.3 is 0 Å². The van der Waals surface area contributed by atoms with E-state index < -0.39 is 24.0 Å². The zero-order valence-corrected chi connectivity index (χ0v) is 21.4. The standard InChI is InChI=1S/C28H36FN3O5/c1-18(2)17-37-24-13-22(29)7-8-23(24)31-11-9-19(10-12-31)14-30-27(35)25(33)26(34)28(36)32-15-20-5-3-4-6-21(20)16-32/h3-8,13,18-19,25-26,33-34H,9-12,14-17H2,1-2H3,(H,30,35)/t25-,26-/m1/s1. The number of carbonyl (C=O) groups is 2. The number of rotatable bonds is 9. The van der Waals surface area contributed by atoms with Crippen molar-refractivity contribution in [3.63, 3.8) is 0 Å². The van der Waals surface area contributed by atoms with Crippen LogP contribution in [0.2, 0.25) is 0 Å². The van der Waals surface area contributed by atoms with E-state index in [1.807, 2.05) is 38.1 Å². The number of aliphatic hydroxyl groups excluding tert-OH is 2. The summed E-state index contributed by atoms with van der Waals surface area (Å²) in [6.07, 6.45) is -2.09. The number of carbonyl (C=O) groups excluding carboxylic acids is 2. The monoisotopic (exact) mass is 513 g/mol. The summed E-state index contributed by atoms with van der Waals surface area (Å²) in [4.78, 5) is 28.8. The molecule has 2 aromatic carbocycles. The van der Waals surface area contributed by atoms with Crippen molar-refractivity contribution in [2.75, 3.05) is 31.1 Å². The van der Waals surface area contributed by atoms with Crippen molar-refractivity contribution in [2.45, 2.75) is 52.0 Å². The molecule has 2 aliphatic rings. The van der Waals surface area contributed by atoms with Crippen LogP contribution in [0.25, 0.3) is 0 Å². The number of hydrogen-bond donors (Lipinski definition) is 3. The normalized spacial score (nSPS) is 17.5. The molecule has 200 valence electrons. The number of ether oxygens (including phenoxy) is 1. The van der Waals surface area contributed by atoms with Crippen LogP contribution in [-0.2, 0) is 22.7 Å². The lowest BCUT2D eigenvalue weighted by Gasteiger charge is -2.34. The minimum atomic E-state index is -1.84.